The molecule has 0 radical (unpaired) electrons. The molecular weight excluding hydrogens is 637 g/mol. The number of nitrogens with zero attached hydrogens (tertiary/aromatic N) is 3. The highest BCUT2D eigenvalue weighted by atomic mass is 35.5. The van der Waals surface area contributed by atoms with E-state index in [1.165, 1.54) is 22.5 Å². The molecule has 4 heterocycles. The van der Waals surface area contributed by atoms with Gasteiger partial charge >= 0.3 is 0 Å². The van der Waals surface area contributed by atoms with E-state index in [9.17, 15) is 22.8 Å². The van der Waals surface area contributed by atoms with Gasteiger partial charge in [-0.15, -0.1) is 0 Å². The Labute approximate surface area is 273 Å². The van der Waals surface area contributed by atoms with Crippen LogP contribution in [-0.2, 0) is 19.6 Å². The zero-order valence-electron chi connectivity index (χ0n) is 25.6. The summed E-state index contributed by atoms with van der Waals surface area (Å²) in [6, 6.07) is 12.7. The monoisotopic (exact) mass is 673 g/mol. The summed E-state index contributed by atoms with van der Waals surface area (Å²) < 4.78 is 28.1. The standard InChI is InChI=1S/C32H37Cl2N5O5S/c1-31(2,3)27(36-28(40)24-14-19-8-5-6-10-23(19)35-24)30(42)39-17-26-32(39,4)18-38(26)29(41)20-9-7-13-37(16-20)45(43,44)25-12-11-21(33)15-22(25)34/h5-6,8,10-12,14-15,20,26-27,35H,7,9,13,16-18H2,1-4H3,(H,36,40)/t20?,26-,27-,32-/m1/s1. The maximum Gasteiger partial charge on any atom is 0.268 e. The molecule has 3 fully saturated rings. The molecule has 0 spiro atoms. The molecular formula is C32H37Cl2N5O5S. The summed E-state index contributed by atoms with van der Waals surface area (Å²) >= 11 is 12.2. The van der Waals surface area contributed by atoms with Gasteiger partial charge in [0.25, 0.3) is 5.91 Å². The van der Waals surface area contributed by atoms with Crippen LogP contribution in [0.3, 0.4) is 0 Å². The quantitative estimate of drug-likeness (QED) is 0.398. The smallest absolute Gasteiger partial charge is 0.268 e. The maximum absolute atomic E-state index is 13.9. The minimum Gasteiger partial charge on any atom is -0.351 e. The van der Waals surface area contributed by atoms with E-state index in [1.54, 1.807) is 15.9 Å². The normalized spacial score (nSPS) is 24.4. The number of hydrogen-bond donors (Lipinski definition) is 2. The van der Waals surface area contributed by atoms with Crippen LogP contribution in [0.2, 0.25) is 10.0 Å². The number of rotatable bonds is 6. The predicted molar refractivity (Wildman–Crippen MR) is 173 cm³/mol. The molecule has 0 aliphatic carbocycles. The Hall–Kier alpha value is -3.12. The van der Waals surface area contributed by atoms with Crippen LogP contribution in [-0.4, -0.2) is 89.0 Å². The van der Waals surface area contributed by atoms with Crippen molar-refractivity contribution < 1.29 is 22.8 Å². The summed E-state index contributed by atoms with van der Waals surface area (Å²) in [5.41, 5.74) is 0.0994. The van der Waals surface area contributed by atoms with E-state index < -0.39 is 32.9 Å². The largest absolute Gasteiger partial charge is 0.351 e. The zero-order chi connectivity index (χ0) is 32.5. The van der Waals surface area contributed by atoms with Crippen molar-refractivity contribution in [1.29, 1.82) is 0 Å². The summed E-state index contributed by atoms with van der Waals surface area (Å²) in [7, 11) is -3.91. The Kier molecular flexibility index (Phi) is 7.99. The van der Waals surface area contributed by atoms with Crippen LogP contribution in [0.4, 0.5) is 0 Å². The molecule has 0 bridgehead atoms. The topological polar surface area (TPSA) is 123 Å². The summed E-state index contributed by atoms with van der Waals surface area (Å²) in [5, 5.41) is 4.25. The van der Waals surface area contributed by atoms with E-state index in [2.05, 4.69) is 10.3 Å². The number of benzene rings is 2. The molecule has 13 heteroatoms. The molecule has 1 aromatic heterocycles. The van der Waals surface area contributed by atoms with E-state index in [0.29, 0.717) is 43.2 Å². The molecule has 10 nitrogen and oxygen atoms in total. The molecule has 0 saturated carbocycles. The van der Waals surface area contributed by atoms with Crippen LogP contribution in [0, 0.1) is 11.3 Å². The van der Waals surface area contributed by atoms with E-state index in [-0.39, 0.29) is 40.2 Å². The lowest BCUT2D eigenvalue weighted by molar-refractivity contribution is -0.209. The second kappa shape index (κ2) is 11.3. The number of likely N-dealkylation sites (tertiary alicyclic amines) is 2. The van der Waals surface area contributed by atoms with Gasteiger partial charge in [0.2, 0.25) is 21.8 Å². The number of halogens is 2. The second-order valence-electron chi connectivity index (χ2n) is 13.6. The van der Waals surface area contributed by atoms with Gasteiger partial charge in [0.15, 0.2) is 0 Å². The third kappa shape index (κ3) is 5.51. The van der Waals surface area contributed by atoms with E-state index >= 15 is 0 Å². The van der Waals surface area contributed by atoms with E-state index in [1.807, 2.05) is 52.0 Å². The van der Waals surface area contributed by atoms with Gasteiger partial charge in [-0.2, -0.15) is 4.31 Å². The SMILES string of the molecule is CC(C)(C)[C@H](NC(=O)c1cc2ccccc2[nH]1)C(=O)N1C[C@H]2N(C(=O)C3CCCN(S(=O)(=O)c4ccc(Cl)cc4Cl)C3)C[C@]21C. The highest BCUT2D eigenvalue weighted by Crippen LogP contribution is 2.46. The number of aromatic amines is 1. The number of piperidine rings is 1. The summed E-state index contributed by atoms with van der Waals surface area (Å²) in [5.74, 6) is -1.14. The Morgan fingerprint density at radius 3 is 2.44 bits per heavy atom. The van der Waals surface area contributed by atoms with Crippen molar-refractivity contribution in [1.82, 2.24) is 24.4 Å². The van der Waals surface area contributed by atoms with E-state index in [0.717, 1.165) is 10.9 Å². The first-order valence-corrected chi connectivity index (χ1v) is 17.3. The minimum absolute atomic E-state index is 0.0311. The first-order chi connectivity index (χ1) is 21.1. The van der Waals surface area contributed by atoms with Gasteiger partial charge in [-0.25, -0.2) is 8.42 Å². The van der Waals surface area contributed by atoms with Crippen LogP contribution in [0.1, 0.15) is 51.0 Å². The number of piperazine rings is 1. The molecule has 3 amide bonds. The number of sulfonamides is 1. The number of hydrogen-bond acceptors (Lipinski definition) is 5. The molecule has 3 aromatic rings. The van der Waals surface area contributed by atoms with Crippen molar-refractivity contribution in [3.63, 3.8) is 0 Å². The Balaban J connectivity index is 1.11. The van der Waals surface area contributed by atoms with Crippen molar-refractivity contribution in [2.24, 2.45) is 11.3 Å². The highest BCUT2D eigenvalue weighted by Gasteiger charge is 2.65. The first-order valence-electron chi connectivity index (χ1n) is 15.1. The lowest BCUT2D eigenvalue weighted by Gasteiger charge is -2.70. The van der Waals surface area contributed by atoms with Gasteiger partial charge in [0.1, 0.15) is 16.6 Å². The van der Waals surface area contributed by atoms with Gasteiger partial charge in [-0.05, 0) is 55.5 Å². The fraction of sp³-hybridized carbons (Fsp3) is 0.469. The summed E-state index contributed by atoms with van der Waals surface area (Å²) in [6.07, 6.45) is 1.12. The van der Waals surface area contributed by atoms with Gasteiger partial charge in [0, 0.05) is 42.1 Å². The predicted octanol–water partition coefficient (Wildman–Crippen LogP) is 4.53. The number of carbonyl (C=O) groups excluding carboxylic acids is 3. The number of carbonyl (C=O) groups is 3. The average molecular weight is 675 g/mol. The molecule has 6 rings (SSSR count). The Bertz CT molecular complexity index is 1770. The number of para-hydroxylation sites is 1. The van der Waals surface area contributed by atoms with Crippen molar-refractivity contribution in [3.05, 3.63) is 64.3 Å². The number of nitrogens with one attached hydrogen (secondary N) is 2. The molecule has 2 aromatic carbocycles. The molecule has 1 unspecified atom stereocenters. The van der Waals surface area contributed by atoms with Crippen LogP contribution in [0.5, 0.6) is 0 Å². The number of H-pyrrole nitrogens is 1. The number of amides is 3. The highest BCUT2D eigenvalue weighted by molar-refractivity contribution is 7.89. The molecule has 4 atom stereocenters. The number of aromatic nitrogens is 1. The molecule has 3 aliphatic heterocycles. The fourth-order valence-corrected chi connectivity index (χ4v) is 9.09. The maximum atomic E-state index is 13.9. The third-order valence-electron chi connectivity index (χ3n) is 9.51. The van der Waals surface area contributed by atoms with Crippen LogP contribution in [0.25, 0.3) is 10.9 Å². The first kappa shape index (κ1) is 31.8. The number of fused-ring (bicyclic) bond motifs is 2. The summed E-state index contributed by atoms with van der Waals surface area (Å²) in [4.78, 5) is 47.5. The second-order valence-corrected chi connectivity index (χ2v) is 16.4. The average Bonchev–Trinajstić information content (AvgIpc) is 3.42. The third-order valence-corrected chi connectivity index (χ3v) is 12.1. The zero-order valence-corrected chi connectivity index (χ0v) is 28.0. The van der Waals surface area contributed by atoms with Gasteiger partial charge in [-0.3, -0.25) is 14.4 Å². The molecule has 3 saturated heterocycles. The Morgan fingerprint density at radius 1 is 1.07 bits per heavy atom. The summed E-state index contributed by atoms with van der Waals surface area (Å²) in [6.45, 7) is 8.77. The van der Waals surface area contributed by atoms with E-state index in [4.69, 9.17) is 23.2 Å². The van der Waals surface area contributed by atoms with Crippen LogP contribution < -0.4 is 5.32 Å². The Morgan fingerprint density at radius 2 is 1.80 bits per heavy atom. The van der Waals surface area contributed by atoms with Crippen LogP contribution in [0.15, 0.2) is 53.4 Å². The van der Waals surface area contributed by atoms with Crippen molar-refractivity contribution in [2.75, 3.05) is 26.2 Å². The fourth-order valence-electron chi connectivity index (χ4n) is 6.82. The molecule has 240 valence electrons. The lowest BCUT2D eigenvalue weighted by Crippen LogP contribution is -2.89. The van der Waals surface area contributed by atoms with Crippen LogP contribution >= 0.6 is 23.2 Å². The van der Waals surface area contributed by atoms with Gasteiger partial charge in [0.05, 0.1) is 22.5 Å². The lowest BCUT2D eigenvalue weighted by atomic mass is 9.70. The van der Waals surface area contributed by atoms with Crippen molar-refractivity contribution in [3.8, 4) is 0 Å². The van der Waals surface area contributed by atoms with Crippen molar-refractivity contribution in [2.45, 2.75) is 63.1 Å². The van der Waals surface area contributed by atoms with Gasteiger partial charge in [-0.1, -0.05) is 62.2 Å². The molecule has 2 N–H and O–H groups in total. The van der Waals surface area contributed by atoms with Gasteiger partial charge < -0.3 is 20.1 Å². The minimum atomic E-state index is -3.91. The van der Waals surface area contributed by atoms with Crippen molar-refractivity contribution >= 4 is 61.8 Å². The molecule has 3 aliphatic rings. The molecule has 45 heavy (non-hydrogen) atoms.